The maximum absolute atomic E-state index is 13.4. The lowest BCUT2D eigenvalue weighted by Gasteiger charge is -2.07. The zero-order valence-electron chi connectivity index (χ0n) is 10.2. The molecule has 0 saturated carbocycles. The van der Waals surface area contributed by atoms with Crippen molar-refractivity contribution in [1.29, 1.82) is 0 Å². The van der Waals surface area contributed by atoms with Crippen LogP contribution in [-0.4, -0.2) is 23.6 Å². The standard InChI is InChI=1S/C12H13ClFNO4/c1-2-19-12(18)4-3-11(17)15-9-5-7(13)10(16)6-8(9)14/h5-6,16H,2-4H2,1H3,(H,15,17). The number of anilines is 1. The largest absolute Gasteiger partial charge is 0.506 e. The van der Waals surface area contributed by atoms with Gasteiger partial charge in [0.1, 0.15) is 11.6 Å². The van der Waals surface area contributed by atoms with E-state index in [1.54, 1.807) is 6.92 Å². The lowest BCUT2D eigenvalue weighted by atomic mass is 10.2. The smallest absolute Gasteiger partial charge is 0.306 e. The molecule has 0 radical (unpaired) electrons. The number of rotatable bonds is 5. The molecule has 0 atom stereocenters. The number of carbonyl (C=O) groups is 2. The van der Waals surface area contributed by atoms with Gasteiger partial charge in [0.05, 0.1) is 23.7 Å². The van der Waals surface area contributed by atoms with Gasteiger partial charge in [-0.15, -0.1) is 0 Å². The molecule has 0 bridgehead atoms. The molecule has 0 aromatic heterocycles. The Balaban J connectivity index is 2.58. The molecule has 1 rings (SSSR count). The van der Waals surface area contributed by atoms with E-state index in [0.29, 0.717) is 0 Å². The molecule has 0 aliphatic heterocycles. The first kappa shape index (κ1) is 15.2. The van der Waals surface area contributed by atoms with Gasteiger partial charge in [-0.25, -0.2) is 4.39 Å². The van der Waals surface area contributed by atoms with Gasteiger partial charge in [0, 0.05) is 12.5 Å². The summed E-state index contributed by atoms with van der Waals surface area (Å²) < 4.78 is 18.0. The highest BCUT2D eigenvalue weighted by Gasteiger charge is 2.12. The molecule has 0 saturated heterocycles. The van der Waals surface area contributed by atoms with Crippen molar-refractivity contribution in [3.8, 4) is 5.75 Å². The summed E-state index contributed by atoms with van der Waals surface area (Å²) in [6.45, 7) is 1.90. The van der Waals surface area contributed by atoms with Gasteiger partial charge in [0.2, 0.25) is 5.91 Å². The monoisotopic (exact) mass is 289 g/mol. The molecule has 5 nitrogen and oxygen atoms in total. The second-order valence-electron chi connectivity index (χ2n) is 3.64. The molecule has 7 heteroatoms. The van der Waals surface area contributed by atoms with Gasteiger partial charge in [-0.3, -0.25) is 9.59 Å². The molecule has 1 aromatic carbocycles. The highest BCUT2D eigenvalue weighted by atomic mass is 35.5. The predicted molar refractivity (Wildman–Crippen MR) is 67.6 cm³/mol. The Bertz CT molecular complexity index is 493. The highest BCUT2D eigenvalue weighted by Crippen LogP contribution is 2.29. The van der Waals surface area contributed by atoms with Gasteiger partial charge in [0.25, 0.3) is 0 Å². The third-order valence-corrected chi connectivity index (χ3v) is 2.47. The van der Waals surface area contributed by atoms with Gasteiger partial charge < -0.3 is 15.2 Å². The minimum Gasteiger partial charge on any atom is -0.506 e. The Hall–Kier alpha value is -1.82. The molecule has 0 heterocycles. The van der Waals surface area contributed by atoms with Gasteiger partial charge >= 0.3 is 5.97 Å². The summed E-state index contributed by atoms with van der Waals surface area (Å²) in [5, 5.41) is 11.3. The number of amides is 1. The maximum atomic E-state index is 13.4. The first-order valence-electron chi connectivity index (χ1n) is 5.57. The number of hydrogen-bond acceptors (Lipinski definition) is 4. The van der Waals surface area contributed by atoms with Crippen LogP contribution in [0.5, 0.6) is 5.75 Å². The lowest BCUT2D eigenvalue weighted by molar-refractivity contribution is -0.144. The summed E-state index contributed by atoms with van der Waals surface area (Å²) in [5.41, 5.74) is -0.156. The average Bonchev–Trinajstić information content (AvgIpc) is 2.34. The van der Waals surface area contributed by atoms with Crippen molar-refractivity contribution in [3.05, 3.63) is 23.0 Å². The maximum Gasteiger partial charge on any atom is 0.306 e. The number of phenolic OH excluding ortho intramolecular Hbond substituents is 1. The third-order valence-electron chi connectivity index (χ3n) is 2.17. The Morgan fingerprint density at radius 3 is 2.74 bits per heavy atom. The summed E-state index contributed by atoms with van der Waals surface area (Å²) in [7, 11) is 0. The molecule has 104 valence electrons. The quantitative estimate of drug-likeness (QED) is 0.645. The van der Waals surface area contributed by atoms with Crippen LogP contribution in [0.2, 0.25) is 5.02 Å². The van der Waals surface area contributed by atoms with E-state index in [0.717, 1.165) is 12.1 Å². The van der Waals surface area contributed by atoms with Crippen LogP contribution < -0.4 is 5.32 Å². The van der Waals surface area contributed by atoms with Crippen LogP contribution in [0.3, 0.4) is 0 Å². The fourth-order valence-corrected chi connectivity index (χ4v) is 1.46. The van der Waals surface area contributed by atoms with Crippen LogP contribution in [-0.2, 0) is 14.3 Å². The molecule has 1 aromatic rings. The van der Waals surface area contributed by atoms with E-state index in [1.807, 2.05) is 0 Å². The Kier molecular flexibility index (Phi) is 5.57. The van der Waals surface area contributed by atoms with Crippen molar-refractivity contribution in [2.45, 2.75) is 19.8 Å². The molecule has 1 amide bonds. The third kappa shape index (κ3) is 4.75. The van der Waals surface area contributed by atoms with Crippen LogP contribution in [0.4, 0.5) is 10.1 Å². The van der Waals surface area contributed by atoms with Crippen molar-refractivity contribution in [2.75, 3.05) is 11.9 Å². The Morgan fingerprint density at radius 2 is 2.11 bits per heavy atom. The summed E-state index contributed by atoms with van der Waals surface area (Å²) in [4.78, 5) is 22.5. The van der Waals surface area contributed by atoms with Gasteiger partial charge in [0.15, 0.2) is 0 Å². The van der Waals surface area contributed by atoms with E-state index in [1.165, 1.54) is 0 Å². The van der Waals surface area contributed by atoms with Gasteiger partial charge in [-0.05, 0) is 13.0 Å². The number of aromatic hydroxyl groups is 1. The number of nitrogens with one attached hydrogen (secondary N) is 1. The number of esters is 1. The fourth-order valence-electron chi connectivity index (χ4n) is 1.29. The van der Waals surface area contributed by atoms with Crippen LogP contribution in [0.15, 0.2) is 12.1 Å². The van der Waals surface area contributed by atoms with E-state index in [-0.39, 0.29) is 30.2 Å². The van der Waals surface area contributed by atoms with Crippen LogP contribution in [0.25, 0.3) is 0 Å². The SMILES string of the molecule is CCOC(=O)CCC(=O)Nc1cc(Cl)c(O)cc1F. The van der Waals surface area contributed by atoms with Crippen molar-refractivity contribution < 1.29 is 23.8 Å². The molecule has 0 aliphatic rings. The van der Waals surface area contributed by atoms with Crippen molar-refractivity contribution in [3.63, 3.8) is 0 Å². The number of hydrogen-bond donors (Lipinski definition) is 2. The zero-order valence-corrected chi connectivity index (χ0v) is 11.0. The van der Waals surface area contributed by atoms with E-state index >= 15 is 0 Å². The Morgan fingerprint density at radius 1 is 1.42 bits per heavy atom. The lowest BCUT2D eigenvalue weighted by Crippen LogP contribution is -2.15. The highest BCUT2D eigenvalue weighted by molar-refractivity contribution is 6.32. The summed E-state index contributed by atoms with van der Waals surface area (Å²) in [6.07, 6.45) is -0.218. The summed E-state index contributed by atoms with van der Waals surface area (Å²) in [5.74, 6) is -2.27. The van der Waals surface area contributed by atoms with Crippen molar-refractivity contribution in [2.24, 2.45) is 0 Å². The van der Waals surface area contributed by atoms with Crippen LogP contribution in [0, 0.1) is 5.82 Å². The molecule has 0 fully saturated rings. The minimum atomic E-state index is -0.814. The predicted octanol–water partition coefficient (Wildman–Crippen LogP) is 2.47. The number of carbonyl (C=O) groups excluding carboxylic acids is 2. The fraction of sp³-hybridized carbons (Fsp3) is 0.333. The number of phenols is 1. The first-order valence-corrected chi connectivity index (χ1v) is 5.95. The second-order valence-corrected chi connectivity index (χ2v) is 4.04. The minimum absolute atomic E-state index is 0.0814. The number of benzene rings is 1. The molecular weight excluding hydrogens is 277 g/mol. The Labute approximate surface area is 114 Å². The molecular formula is C12H13ClFNO4. The van der Waals surface area contributed by atoms with Gasteiger partial charge in [-0.1, -0.05) is 11.6 Å². The summed E-state index contributed by atoms with van der Waals surface area (Å²) in [6, 6.07) is 1.89. The van der Waals surface area contributed by atoms with Gasteiger partial charge in [-0.2, -0.15) is 0 Å². The van der Waals surface area contributed by atoms with E-state index < -0.39 is 23.4 Å². The molecule has 0 aliphatic carbocycles. The molecule has 19 heavy (non-hydrogen) atoms. The van der Waals surface area contributed by atoms with Crippen molar-refractivity contribution >= 4 is 29.2 Å². The van der Waals surface area contributed by atoms with E-state index in [9.17, 15) is 14.0 Å². The molecule has 2 N–H and O–H groups in total. The topological polar surface area (TPSA) is 75.6 Å². The average molecular weight is 290 g/mol. The normalized spacial score (nSPS) is 10.1. The molecule has 0 unspecified atom stereocenters. The first-order chi connectivity index (χ1) is 8.93. The van der Waals surface area contributed by atoms with Crippen LogP contribution in [0.1, 0.15) is 19.8 Å². The summed E-state index contributed by atoms with van der Waals surface area (Å²) >= 11 is 5.60. The number of ether oxygens (including phenoxy) is 1. The second kappa shape index (κ2) is 6.94. The van der Waals surface area contributed by atoms with E-state index in [4.69, 9.17) is 16.7 Å². The molecule has 0 spiro atoms. The van der Waals surface area contributed by atoms with E-state index in [2.05, 4.69) is 10.1 Å². The van der Waals surface area contributed by atoms with Crippen LogP contribution >= 0.6 is 11.6 Å². The van der Waals surface area contributed by atoms with Crippen molar-refractivity contribution in [1.82, 2.24) is 0 Å². The number of halogens is 2. The zero-order chi connectivity index (χ0) is 14.4.